The third-order valence-electron chi connectivity index (χ3n) is 2.85. The Morgan fingerprint density at radius 3 is 2.32 bits per heavy atom. The summed E-state index contributed by atoms with van der Waals surface area (Å²) in [5, 5.41) is 0. The molecule has 2 rings (SSSR count). The van der Waals surface area contributed by atoms with E-state index in [1.54, 1.807) is 7.11 Å². The summed E-state index contributed by atoms with van der Waals surface area (Å²) in [5.41, 5.74) is 3.08. The third-order valence-corrected chi connectivity index (χ3v) is 2.85. The van der Waals surface area contributed by atoms with E-state index in [0.29, 0.717) is 0 Å². The molecular formula is C16H18N2O. The number of nitrogens with zero attached hydrogens (tertiary/aromatic N) is 2. The van der Waals surface area contributed by atoms with E-state index < -0.39 is 0 Å². The fraction of sp³-hybridized carbons (Fsp3) is 0.188. The van der Waals surface area contributed by atoms with Gasteiger partial charge in [-0.2, -0.15) is 0 Å². The first-order valence-corrected chi connectivity index (χ1v) is 6.15. The van der Waals surface area contributed by atoms with Crippen molar-refractivity contribution in [1.82, 2.24) is 0 Å². The SMILES string of the molecule is COc1ccccc1N=Cc1ccc(N(C)C)cc1. The number of rotatable bonds is 4. The molecule has 0 radical (unpaired) electrons. The van der Waals surface area contributed by atoms with Crippen LogP contribution in [0.1, 0.15) is 5.56 Å². The van der Waals surface area contributed by atoms with Gasteiger partial charge in [-0.15, -0.1) is 0 Å². The molecule has 2 aromatic carbocycles. The normalized spacial score (nSPS) is 10.7. The smallest absolute Gasteiger partial charge is 0.144 e. The fourth-order valence-corrected chi connectivity index (χ4v) is 1.74. The summed E-state index contributed by atoms with van der Waals surface area (Å²) in [6, 6.07) is 16.0. The van der Waals surface area contributed by atoms with Crippen molar-refractivity contribution in [2.75, 3.05) is 26.1 Å². The van der Waals surface area contributed by atoms with Crippen molar-refractivity contribution in [3.8, 4) is 5.75 Å². The highest BCUT2D eigenvalue weighted by molar-refractivity contribution is 5.83. The van der Waals surface area contributed by atoms with Crippen LogP contribution in [0.15, 0.2) is 53.5 Å². The Balaban J connectivity index is 2.18. The molecular weight excluding hydrogens is 236 g/mol. The standard InChI is InChI=1S/C16H18N2O/c1-18(2)14-10-8-13(9-11-14)12-17-15-6-4-5-7-16(15)19-3/h4-12H,1-3H3. The second-order valence-electron chi connectivity index (χ2n) is 4.42. The molecule has 19 heavy (non-hydrogen) atoms. The number of ether oxygens (including phenoxy) is 1. The van der Waals surface area contributed by atoms with Crippen molar-refractivity contribution in [2.45, 2.75) is 0 Å². The molecule has 0 amide bonds. The van der Waals surface area contributed by atoms with Crippen LogP contribution in [-0.4, -0.2) is 27.4 Å². The number of hydrogen-bond donors (Lipinski definition) is 0. The molecule has 3 heteroatoms. The van der Waals surface area contributed by atoms with Crippen LogP contribution in [0.2, 0.25) is 0 Å². The van der Waals surface area contributed by atoms with Crippen molar-refractivity contribution < 1.29 is 4.74 Å². The van der Waals surface area contributed by atoms with Crippen LogP contribution in [0.3, 0.4) is 0 Å². The molecule has 0 aromatic heterocycles. The summed E-state index contributed by atoms with van der Waals surface area (Å²) < 4.78 is 5.26. The van der Waals surface area contributed by atoms with E-state index in [9.17, 15) is 0 Å². The maximum atomic E-state index is 5.26. The predicted molar refractivity (Wildman–Crippen MR) is 81.0 cm³/mol. The van der Waals surface area contributed by atoms with Gasteiger partial charge in [0.15, 0.2) is 0 Å². The van der Waals surface area contributed by atoms with E-state index in [0.717, 1.165) is 17.0 Å². The summed E-state index contributed by atoms with van der Waals surface area (Å²) in [4.78, 5) is 6.53. The highest BCUT2D eigenvalue weighted by Gasteiger charge is 1.98. The number of para-hydroxylation sites is 2. The lowest BCUT2D eigenvalue weighted by Gasteiger charge is -2.11. The van der Waals surface area contributed by atoms with Crippen LogP contribution in [0, 0.1) is 0 Å². The lowest BCUT2D eigenvalue weighted by Crippen LogP contribution is -2.08. The number of benzene rings is 2. The minimum absolute atomic E-state index is 0.781. The number of hydrogen-bond acceptors (Lipinski definition) is 3. The van der Waals surface area contributed by atoms with Crippen LogP contribution in [0.25, 0.3) is 0 Å². The molecule has 0 aliphatic rings. The van der Waals surface area contributed by atoms with E-state index in [1.165, 1.54) is 5.69 Å². The first-order valence-electron chi connectivity index (χ1n) is 6.15. The van der Waals surface area contributed by atoms with Gasteiger partial charge in [-0.05, 0) is 29.8 Å². The molecule has 3 nitrogen and oxygen atoms in total. The molecule has 98 valence electrons. The molecule has 0 saturated carbocycles. The second-order valence-corrected chi connectivity index (χ2v) is 4.42. The maximum Gasteiger partial charge on any atom is 0.144 e. The maximum absolute atomic E-state index is 5.26. The minimum atomic E-state index is 0.781. The molecule has 0 bridgehead atoms. The van der Waals surface area contributed by atoms with E-state index in [1.807, 2.05) is 56.7 Å². The van der Waals surface area contributed by atoms with Crippen molar-refractivity contribution in [3.05, 3.63) is 54.1 Å². The molecule has 0 N–H and O–H groups in total. The van der Waals surface area contributed by atoms with Gasteiger partial charge in [0.1, 0.15) is 11.4 Å². The van der Waals surface area contributed by atoms with Gasteiger partial charge in [0.05, 0.1) is 7.11 Å². The van der Waals surface area contributed by atoms with Gasteiger partial charge in [-0.25, -0.2) is 0 Å². The van der Waals surface area contributed by atoms with Crippen LogP contribution < -0.4 is 9.64 Å². The first kappa shape index (κ1) is 13.1. The van der Waals surface area contributed by atoms with Crippen LogP contribution in [0.4, 0.5) is 11.4 Å². The van der Waals surface area contributed by atoms with Crippen LogP contribution in [0.5, 0.6) is 5.75 Å². The van der Waals surface area contributed by atoms with Gasteiger partial charge in [-0.3, -0.25) is 4.99 Å². The van der Waals surface area contributed by atoms with Crippen molar-refractivity contribution >= 4 is 17.6 Å². The third kappa shape index (κ3) is 3.35. The minimum Gasteiger partial charge on any atom is -0.494 e. The number of aliphatic imine (C=N–C) groups is 1. The van der Waals surface area contributed by atoms with Gasteiger partial charge < -0.3 is 9.64 Å². The molecule has 0 unspecified atom stereocenters. The van der Waals surface area contributed by atoms with Gasteiger partial charge in [-0.1, -0.05) is 24.3 Å². The van der Waals surface area contributed by atoms with Crippen molar-refractivity contribution in [1.29, 1.82) is 0 Å². The average molecular weight is 254 g/mol. The van der Waals surface area contributed by atoms with Gasteiger partial charge >= 0.3 is 0 Å². The van der Waals surface area contributed by atoms with E-state index in [-0.39, 0.29) is 0 Å². The van der Waals surface area contributed by atoms with E-state index in [2.05, 4.69) is 22.0 Å². The molecule has 0 atom stereocenters. The fourth-order valence-electron chi connectivity index (χ4n) is 1.74. The zero-order chi connectivity index (χ0) is 13.7. The topological polar surface area (TPSA) is 24.8 Å². The quantitative estimate of drug-likeness (QED) is 0.780. The molecule has 0 heterocycles. The summed E-state index contributed by atoms with van der Waals surface area (Å²) in [6.45, 7) is 0. The lowest BCUT2D eigenvalue weighted by molar-refractivity contribution is 0.416. The largest absolute Gasteiger partial charge is 0.494 e. The Bertz CT molecular complexity index is 559. The van der Waals surface area contributed by atoms with E-state index >= 15 is 0 Å². The monoisotopic (exact) mass is 254 g/mol. The number of methoxy groups -OCH3 is 1. The van der Waals surface area contributed by atoms with Crippen molar-refractivity contribution in [3.63, 3.8) is 0 Å². The molecule has 0 spiro atoms. The summed E-state index contributed by atoms with van der Waals surface area (Å²) in [5.74, 6) is 0.781. The highest BCUT2D eigenvalue weighted by Crippen LogP contribution is 2.26. The Labute approximate surface area is 114 Å². The van der Waals surface area contributed by atoms with Gasteiger partial charge in [0, 0.05) is 26.0 Å². The molecule has 0 fully saturated rings. The number of anilines is 1. The Kier molecular flexibility index (Phi) is 4.18. The zero-order valence-corrected chi connectivity index (χ0v) is 11.5. The van der Waals surface area contributed by atoms with Crippen LogP contribution in [-0.2, 0) is 0 Å². The highest BCUT2D eigenvalue weighted by atomic mass is 16.5. The molecule has 2 aromatic rings. The Morgan fingerprint density at radius 2 is 1.68 bits per heavy atom. The second kappa shape index (κ2) is 6.05. The van der Waals surface area contributed by atoms with Gasteiger partial charge in [0.2, 0.25) is 0 Å². The Morgan fingerprint density at radius 1 is 1.00 bits per heavy atom. The predicted octanol–water partition coefficient (Wildman–Crippen LogP) is 3.51. The summed E-state index contributed by atoms with van der Waals surface area (Å²) in [7, 11) is 5.70. The lowest BCUT2D eigenvalue weighted by atomic mass is 10.2. The van der Waals surface area contributed by atoms with Crippen LogP contribution >= 0.6 is 0 Å². The molecule has 0 aliphatic heterocycles. The first-order chi connectivity index (χ1) is 9.20. The molecule has 0 aliphatic carbocycles. The van der Waals surface area contributed by atoms with Gasteiger partial charge in [0.25, 0.3) is 0 Å². The van der Waals surface area contributed by atoms with E-state index in [4.69, 9.17) is 4.74 Å². The molecule has 0 saturated heterocycles. The van der Waals surface area contributed by atoms with Crippen molar-refractivity contribution in [2.24, 2.45) is 4.99 Å². The Hall–Kier alpha value is -2.29. The zero-order valence-electron chi connectivity index (χ0n) is 11.5. The average Bonchev–Trinajstić information content (AvgIpc) is 2.45. The summed E-state index contributed by atoms with van der Waals surface area (Å²) >= 11 is 0. The summed E-state index contributed by atoms with van der Waals surface area (Å²) in [6.07, 6.45) is 1.84.